The summed E-state index contributed by atoms with van der Waals surface area (Å²) >= 11 is 0. The number of hydrogen-bond donors (Lipinski definition) is 1. The summed E-state index contributed by atoms with van der Waals surface area (Å²) in [6, 6.07) is 8.05. The standard InChI is InChI=1S/C15H20O2/c1-17-11-7-5-10(6-8-11)9-14(16)15-12-3-2-4-13(12)15/h5-8,12-16H,2-4,9H2,1H3. The van der Waals surface area contributed by atoms with E-state index in [1.165, 1.54) is 24.8 Å². The Morgan fingerprint density at radius 3 is 2.47 bits per heavy atom. The molecule has 3 atom stereocenters. The molecule has 0 saturated heterocycles. The van der Waals surface area contributed by atoms with E-state index < -0.39 is 0 Å². The molecule has 1 aromatic rings. The second-order valence-electron chi connectivity index (χ2n) is 5.46. The first-order valence-electron chi connectivity index (χ1n) is 6.60. The van der Waals surface area contributed by atoms with Gasteiger partial charge in [-0.15, -0.1) is 0 Å². The first-order valence-corrected chi connectivity index (χ1v) is 6.60. The third-order valence-electron chi connectivity index (χ3n) is 4.52. The zero-order valence-corrected chi connectivity index (χ0v) is 10.3. The van der Waals surface area contributed by atoms with E-state index in [-0.39, 0.29) is 6.10 Å². The summed E-state index contributed by atoms with van der Waals surface area (Å²) in [5, 5.41) is 10.2. The zero-order valence-electron chi connectivity index (χ0n) is 10.3. The zero-order chi connectivity index (χ0) is 11.8. The summed E-state index contributed by atoms with van der Waals surface area (Å²) < 4.78 is 5.13. The minimum Gasteiger partial charge on any atom is -0.497 e. The number of benzene rings is 1. The minimum atomic E-state index is -0.140. The molecular weight excluding hydrogens is 212 g/mol. The van der Waals surface area contributed by atoms with Crippen LogP contribution < -0.4 is 4.74 Å². The summed E-state index contributed by atoms with van der Waals surface area (Å²) in [5.74, 6) is 3.14. The highest BCUT2D eigenvalue weighted by atomic mass is 16.5. The van der Waals surface area contributed by atoms with Crippen molar-refractivity contribution in [1.82, 2.24) is 0 Å². The van der Waals surface area contributed by atoms with Gasteiger partial charge in [0.2, 0.25) is 0 Å². The van der Waals surface area contributed by atoms with Crippen molar-refractivity contribution in [3.8, 4) is 5.75 Å². The number of methoxy groups -OCH3 is 1. The van der Waals surface area contributed by atoms with Gasteiger partial charge in [-0.1, -0.05) is 18.6 Å². The Bertz CT molecular complexity index is 374. The van der Waals surface area contributed by atoms with Gasteiger partial charge in [0.1, 0.15) is 5.75 Å². The summed E-state index contributed by atoms with van der Waals surface area (Å²) in [6.07, 6.45) is 4.71. The van der Waals surface area contributed by atoms with Crippen LogP contribution in [0.1, 0.15) is 24.8 Å². The van der Waals surface area contributed by atoms with E-state index in [0.717, 1.165) is 24.0 Å². The summed E-state index contributed by atoms with van der Waals surface area (Å²) in [4.78, 5) is 0. The normalized spacial score (nSPS) is 32.0. The van der Waals surface area contributed by atoms with Crippen molar-refractivity contribution < 1.29 is 9.84 Å². The second kappa shape index (κ2) is 4.34. The average Bonchev–Trinajstić information content (AvgIpc) is 2.85. The molecule has 2 fully saturated rings. The molecule has 3 rings (SSSR count). The lowest BCUT2D eigenvalue weighted by molar-refractivity contribution is 0.135. The fourth-order valence-electron chi connectivity index (χ4n) is 3.59. The molecule has 0 aromatic heterocycles. The maximum absolute atomic E-state index is 10.2. The maximum Gasteiger partial charge on any atom is 0.118 e. The predicted octanol–water partition coefficient (Wildman–Crippen LogP) is 2.64. The fourth-order valence-corrected chi connectivity index (χ4v) is 3.59. The molecule has 17 heavy (non-hydrogen) atoms. The Morgan fingerprint density at radius 2 is 1.88 bits per heavy atom. The minimum absolute atomic E-state index is 0.140. The highest BCUT2D eigenvalue weighted by Crippen LogP contribution is 2.59. The molecule has 3 unspecified atom stereocenters. The van der Waals surface area contributed by atoms with Gasteiger partial charge in [-0.3, -0.25) is 0 Å². The van der Waals surface area contributed by atoms with Crippen LogP contribution in [0.2, 0.25) is 0 Å². The lowest BCUT2D eigenvalue weighted by Gasteiger charge is -2.12. The van der Waals surface area contributed by atoms with Crippen molar-refractivity contribution in [2.24, 2.45) is 17.8 Å². The van der Waals surface area contributed by atoms with Gasteiger partial charge in [0, 0.05) is 0 Å². The molecule has 2 nitrogen and oxygen atoms in total. The number of hydrogen-bond acceptors (Lipinski definition) is 2. The molecular formula is C15H20O2. The Labute approximate surface area is 103 Å². The predicted molar refractivity (Wildman–Crippen MR) is 67.0 cm³/mol. The molecule has 92 valence electrons. The van der Waals surface area contributed by atoms with Gasteiger partial charge in [0.05, 0.1) is 13.2 Å². The van der Waals surface area contributed by atoms with Crippen molar-refractivity contribution >= 4 is 0 Å². The number of aliphatic hydroxyl groups is 1. The van der Waals surface area contributed by atoms with E-state index in [1.807, 2.05) is 12.1 Å². The van der Waals surface area contributed by atoms with Crippen molar-refractivity contribution in [2.45, 2.75) is 31.8 Å². The molecule has 0 amide bonds. The van der Waals surface area contributed by atoms with Gasteiger partial charge in [0.15, 0.2) is 0 Å². The topological polar surface area (TPSA) is 29.5 Å². The maximum atomic E-state index is 10.2. The number of aliphatic hydroxyl groups excluding tert-OH is 1. The van der Waals surface area contributed by atoms with Crippen LogP contribution in [0.25, 0.3) is 0 Å². The summed E-state index contributed by atoms with van der Waals surface area (Å²) in [6.45, 7) is 0. The quantitative estimate of drug-likeness (QED) is 0.864. The Morgan fingerprint density at radius 1 is 1.24 bits per heavy atom. The van der Waals surface area contributed by atoms with Gasteiger partial charge in [0.25, 0.3) is 0 Å². The molecule has 0 heterocycles. The lowest BCUT2D eigenvalue weighted by Crippen LogP contribution is -2.16. The van der Waals surface area contributed by atoms with Crippen LogP contribution in [0.4, 0.5) is 0 Å². The first-order chi connectivity index (χ1) is 8.29. The molecule has 2 heteroatoms. The van der Waals surface area contributed by atoms with Crippen LogP contribution in [0.3, 0.4) is 0 Å². The highest BCUT2D eigenvalue weighted by Gasteiger charge is 2.55. The molecule has 0 radical (unpaired) electrons. The third-order valence-corrected chi connectivity index (χ3v) is 4.52. The van der Waals surface area contributed by atoms with E-state index in [9.17, 15) is 5.11 Å². The SMILES string of the molecule is COc1ccc(CC(O)C2C3CCCC32)cc1. The van der Waals surface area contributed by atoms with Crippen molar-refractivity contribution in [3.63, 3.8) is 0 Å². The summed E-state index contributed by atoms with van der Waals surface area (Å²) in [5.41, 5.74) is 1.21. The second-order valence-corrected chi connectivity index (χ2v) is 5.46. The Balaban J connectivity index is 1.59. The third kappa shape index (κ3) is 2.06. The molecule has 2 aliphatic carbocycles. The highest BCUT2D eigenvalue weighted by molar-refractivity contribution is 5.27. The Kier molecular flexibility index (Phi) is 2.83. The van der Waals surface area contributed by atoms with Crippen LogP contribution in [0.15, 0.2) is 24.3 Å². The van der Waals surface area contributed by atoms with Crippen LogP contribution in [0, 0.1) is 17.8 Å². The van der Waals surface area contributed by atoms with Crippen LogP contribution in [-0.4, -0.2) is 18.3 Å². The smallest absolute Gasteiger partial charge is 0.118 e. The van der Waals surface area contributed by atoms with Crippen molar-refractivity contribution in [3.05, 3.63) is 29.8 Å². The molecule has 0 aliphatic heterocycles. The largest absolute Gasteiger partial charge is 0.497 e. The van der Waals surface area contributed by atoms with Crippen LogP contribution in [-0.2, 0) is 6.42 Å². The molecule has 0 bridgehead atoms. The van der Waals surface area contributed by atoms with Gasteiger partial charge in [-0.25, -0.2) is 0 Å². The van der Waals surface area contributed by atoms with Crippen molar-refractivity contribution in [2.75, 3.05) is 7.11 Å². The van der Waals surface area contributed by atoms with Gasteiger partial charge >= 0.3 is 0 Å². The number of rotatable bonds is 4. The van der Waals surface area contributed by atoms with E-state index in [2.05, 4.69) is 12.1 Å². The van der Waals surface area contributed by atoms with E-state index in [4.69, 9.17) is 4.74 Å². The molecule has 2 aliphatic rings. The van der Waals surface area contributed by atoms with E-state index >= 15 is 0 Å². The van der Waals surface area contributed by atoms with Crippen LogP contribution >= 0.6 is 0 Å². The van der Waals surface area contributed by atoms with E-state index in [0.29, 0.717) is 5.92 Å². The Hall–Kier alpha value is -1.02. The van der Waals surface area contributed by atoms with Crippen molar-refractivity contribution in [1.29, 1.82) is 0 Å². The van der Waals surface area contributed by atoms with Crippen LogP contribution in [0.5, 0.6) is 5.75 Å². The first kappa shape index (κ1) is 11.1. The number of ether oxygens (including phenoxy) is 1. The molecule has 0 spiro atoms. The van der Waals surface area contributed by atoms with Gasteiger partial charge in [-0.05, 0) is 54.7 Å². The fraction of sp³-hybridized carbons (Fsp3) is 0.600. The average molecular weight is 232 g/mol. The molecule has 1 aromatic carbocycles. The lowest BCUT2D eigenvalue weighted by atomic mass is 10.00. The van der Waals surface area contributed by atoms with Gasteiger partial charge in [-0.2, -0.15) is 0 Å². The molecule has 2 saturated carbocycles. The summed E-state index contributed by atoms with van der Waals surface area (Å²) in [7, 11) is 1.68. The van der Waals surface area contributed by atoms with E-state index in [1.54, 1.807) is 7.11 Å². The van der Waals surface area contributed by atoms with Gasteiger partial charge < -0.3 is 9.84 Å². The number of fused-ring (bicyclic) bond motifs is 1. The monoisotopic (exact) mass is 232 g/mol. The molecule has 1 N–H and O–H groups in total.